The van der Waals surface area contributed by atoms with Crippen LogP contribution in [0.2, 0.25) is 0 Å². The minimum atomic E-state index is 0.387. The maximum Gasteiger partial charge on any atom is 0.00172 e. The van der Waals surface area contributed by atoms with Gasteiger partial charge >= 0.3 is 0 Å². The minimum Gasteiger partial charge on any atom is -0.330 e. The minimum absolute atomic E-state index is 0.387. The SMILES string of the molecule is C[C@@]1(CN)CCCNC1. The third kappa shape index (κ3) is 1.66. The van der Waals surface area contributed by atoms with Gasteiger partial charge in [-0.3, -0.25) is 0 Å². The fraction of sp³-hybridized carbons (Fsp3) is 1.00. The monoisotopic (exact) mass is 128 g/mol. The van der Waals surface area contributed by atoms with Crippen LogP contribution in [-0.2, 0) is 0 Å². The molecule has 0 aromatic heterocycles. The summed E-state index contributed by atoms with van der Waals surface area (Å²) in [4.78, 5) is 0. The van der Waals surface area contributed by atoms with Gasteiger partial charge in [0.05, 0.1) is 0 Å². The van der Waals surface area contributed by atoms with Crippen molar-refractivity contribution < 1.29 is 0 Å². The first-order chi connectivity index (χ1) is 4.27. The van der Waals surface area contributed by atoms with Crippen molar-refractivity contribution in [3.8, 4) is 0 Å². The van der Waals surface area contributed by atoms with E-state index in [0.29, 0.717) is 5.41 Å². The van der Waals surface area contributed by atoms with Crippen LogP contribution in [0.15, 0.2) is 0 Å². The van der Waals surface area contributed by atoms with E-state index in [1.54, 1.807) is 0 Å². The summed E-state index contributed by atoms with van der Waals surface area (Å²) >= 11 is 0. The first-order valence-electron chi connectivity index (χ1n) is 3.68. The Morgan fingerprint density at radius 2 is 2.44 bits per heavy atom. The molecule has 1 rings (SSSR count). The molecular weight excluding hydrogens is 112 g/mol. The van der Waals surface area contributed by atoms with Gasteiger partial charge in [0.25, 0.3) is 0 Å². The Morgan fingerprint density at radius 3 is 2.78 bits per heavy atom. The molecule has 0 aromatic carbocycles. The number of nitrogens with one attached hydrogen (secondary N) is 1. The lowest BCUT2D eigenvalue weighted by atomic mass is 9.83. The van der Waals surface area contributed by atoms with Crippen molar-refractivity contribution in [2.45, 2.75) is 19.8 Å². The van der Waals surface area contributed by atoms with Crippen LogP contribution in [0.5, 0.6) is 0 Å². The average molecular weight is 128 g/mol. The molecule has 1 atom stereocenters. The molecule has 0 bridgehead atoms. The highest BCUT2D eigenvalue weighted by atomic mass is 14.9. The van der Waals surface area contributed by atoms with Crippen LogP contribution in [0, 0.1) is 5.41 Å². The van der Waals surface area contributed by atoms with Crippen molar-refractivity contribution in [3.05, 3.63) is 0 Å². The lowest BCUT2D eigenvalue weighted by Gasteiger charge is -2.32. The predicted molar refractivity (Wildman–Crippen MR) is 39.3 cm³/mol. The Balaban J connectivity index is 2.37. The van der Waals surface area contributed by atoms with Crippen molar-refractivity contribution in [2.24, 2.45) is 11.1 Å². The highest BCUT2D eigenvalue weighted by molar-refractivity contribution is 4.81. The van der Waals surface area contributed by atoms with Crippen molar-refractivity contribution in [3.63, 3.8) is 0 Å². The summed E-state index contributed by atoms with van der Waals surface area (Å²) in [5.41, 5.74) is 5.98. The normalized spacial score (nSPS) is 36.7. The van der Waals surface area contributed by atoms with Gasteiger partial charge < -0.3 is 11.1 Å². The molecule has 1 aliphatic rings. The number of rotatable bonds is 1. The van der Waals surface area contributed by atoms with Gasteiger partial charge in [-0.05, 0) is 31.3 Å². The van der Waals surface area contributed by atoms with Crippen molar-refractivity contribution >= 4 is 0 Å². The Labute approximate surface area is 56.8 Å². The van der Waals surface area contributed by atoms with E-state index < -0.39 is 0 Å². The van der Waals surface area contributed by atoms with Crippen molar-refractivity contribution in [1.29, 1.82) is 0 Å². The second kappa shape index (κ2) is 2.67. The fourth-order valence-corrected chi connectivity index (χ4v) is 1.29. The fourth-order valence-electron chi connectivity index (χ4n) is 1.29. The van der Waals surface area contributed by atoms with E-state index in [2.05, 4.69) is 12.2 Å². The number of piperidine rings is 1. The van der Waals surface area contributed by atoms with Crippen LogP contribution in [0.3, 0.4) is 0 Å². The second-order valence-electron chi connectivity index (χ2n) is 3.30. The van der Waals surface area contributed by atoms with E-state index in [9.17, 15) is 0 Å². The van der Waals surface area contributed by atoms with Crippen LogP contribution in [0.4, 0.5) is 0 Å². The van der Waals surface area contributed by atoms with Crippen molar-refractivity contribution in [1.82, 2.24) is 5.32 Å². The lowest BCUT2D eigenvalue weighted by Crippen LogP contribution is -2.42. The third-order valence-corrected chi connectivity index (χ3v) is 2.18. The molecule has 54 valence electrons. The van der Waals surface area contributed by atoms with E-state index >= 15 is 0 Å². The van der Waals surface area contributed by atoms with Crippen LogP contribution in [0.1, 0.15) is 19.8 Å². The van der Waals surface area contributed by atoms with E-state index in [1.165, 1.54) is 19.4 Å². The van der Waals surface area contributed by atoms with Gasteiger partial charge in [-0.2, -0.15) is 0 Å². The molecule has 0 unspecified atom stereocenters. The summed E-state index contributed by atoms with van der Waals surface area (Å²) in [7, 11) is 0. The highest BCUT2D eigenvalue weighted by Gasteiger charge is 2.24. The first-order valence-corrected chi connectivity index (χ1v) is 3.68. The van der Waals surface area contributed by atoms with Crippen molar-refractivity contribution in [2.75, 3.05) is 19.6 Å². The lowest BCUT2D eigenvalue weighted by molar-refractivity contribution is 0.246. The van der Waals surface area contributed by atoms with Gasteiger partial charge in [0.2, 0.25) is 0 Å². The summed E-state index contributed by atoms with van der Waals surface area (Å²) in [6, 6.07) is 0. The molecule has 1 aliphatic heterocycles. The summed E-state index contributed by atoms with van der Waals surface area (Å²) in [6.07, 6.45) is 2.57. The molecule has 1 fully saturated rings. The highest BCUT2D eigenvalue weighted by Crippen LogP contribution is 2.22. The van der Waals surface area contributed by atoms with E-state index in [-0.39, 0.29) is 0 Å². The number of hydrogen-bond acceptors (Lipinski definition) is 2. The first kappa shape index (κ1) is 7.03. The van der Waals surface area contributed by atoms with Gasteiger partial charge in [-0.25, -0.2) is 0 Å². The molecule has 3 N–H and O–H groups in total. The van der Waals surface area contributed by atoms with E-state index in [4.69, 9.17) is 5.73 Å². The Bertz CT molecular complexity index is 84.9. The average Bonchev–Trinajstić information content (AvgIpc) is 1.90. The van der Waals surface area contributed by atoms with Gasteiger partial charge in [0.15, 0.2) is 0 Å². The van der Waals surface area contributed by atoms with Gasteiger partial charge in [0, 0.05) is 6.54 Å². The van der Waals surface area contributed by atoms with Crippen LogP contribution in [0.25, 0.3) is 0 Å². The Hall–Kier alpha value is -0.0800. The molecule has 0 radical (unpaired) electrons. The largest absolute Gasteiger partial charge is 0.330 e. The van der Waals surface area contributed by atoms with E-state index in [0.717, 1.165) is 13.1 Å². The Morgan fingerprint density at radius 1 is 1.67 bits per heavy atom. The maximum absolute atomic E-state index is 5.60. The Kier molecular flexibility index (Phi) is 2.09. The smallest absolute Gasteiger partial charge is 0.00172 e. The summed E-state index contributed by atoms with van der Waals surface area (Å²) in [5, 5.41) is 3.35. The van der Waals surface area contributed by atoms with Crippen LogP contribution >= 0.6 is 0 Å². The third-order valence-electron chi connectivity index (χ3n) is 2.18. The summed E-state index contributed by atoms with van der Waals surface area (Å²) < 4.78 is 0. The topological polar surface area (TPSA) is 38.0 Å². The molecule has 9 heavy (non-hydrogen) atoms. The maximum atomic E-state index is 5.60. The van der Waals surface area contributed by atoms with Crippen LogP contribution in [-0.4, -0.2) is 19.6 Å². The van der Waals surface area contributed by atoms with Gasteiger partial charge in [-0.1, -0.05) is 6.92 Å². The molecule has 2 nitrogen and oxygen atoms in total. The zero-order valence-electron chi connectivity index (χ0n) is 6.11. The quantitative estimate of drug-likeness (QED) is 0.534. The molecular formula is C7H16N2. The number of hydrogen-bond donors (Lipinski definition) is 2. The zero-order chi connectivity index (χ0) is 6.74. The van der Waals surface area contributed by atoms with Crippen LogP contribution < -0.4 is 11.1 Å². The van der Waals surface area contributed by atoms with Gasteiger partial charge in [-0.15, -0.1) is 0 Å². The summed E-state index contributed by atoms with van der Waals surface area (Å²) in [6.45, 7) is 5.35. The molecule has 1 heterocycles. The zero-order valence-corrected chi connectivity index (χ0v) is 6.11. The predicted octanol–water partition coefficient (Wildman–Crippen LogP) is 0.335. The molecule has 1 saturated heterocycles. The van der Waals surface area contributed by atoms with E-state index in [1.807, 2.05) is 0 Å². The molecule has 0 amide bonds. The molecule has 0 aliphatic carbocycles. The van der Waals surface area contributed by atoms with Gasteiger partial charge in [0.1, 0.15) is 0 Å². The molecule has 0 spiro atoms. The number of nitrogens with two attached hydrogens (primary N) is 1. The molecule has 0 aromatic rings. The molecule has 2 heteroatoms. The summed E-state index contributed by atoms with van der Waals surface area (Å²) in [5.74, 6) is 0. The molecule has 0 saturated carbocycles. The standard InChI is InChI=1S/C7H16N2/c1-7(5-8)3-2-4-9-6-7/h9H,2-6,8H2,1H3/t7-/m0/s1. The second-order valence-corrected chi connectivity index (χ2v) is 3.30.